The van der Waals surface area contributed by atoms with Crippen molar-refractivity contribution in [1.82, 2.24) is 5.32 Å². The van der Waals surface area contributed by atoms with Crippen LogP contribution in [-0.2, 0) is 9.53 Å². The minimum absolute atomic E-state index is 0.173. The lowest BCUT2D eigenvalue weighted by atomic mass is 10.3. The Morgan fingerprint density at radius 2 is 1.90 bits per heavy atom. The maximum atomic E-state index is 11.5. The van der Waals surface area contributed by atoms with E-state index < -0.39 is 6.10 Å². The van der Waals surface area contributed by atoms with Crippen LogP contribution in [0.2, 0.25) is 0 Å². The van der Waals surface area contributed by atoms with E-state index in [1.165, 1.54) is 7.11 Å². The Morgan fingerprint density at radius 1 is 1.25 bits per heavy atom. The summed E-state index contributed by atoms with van der Waals surface area (Å²) in [6, 6.07) is 7.13. The number of carbonyl (C=O) groups is 1. The molecule has 1 atom stereocenters. The fourth-order valence-electron chi connectivity index (χ4n) is 1.50. The van der Waals surface area contributed by atoms with E-state index in [0.717, 1.165) is 5.75 Å². The first-order chi connectivity index (χ1) is 9.65. The second-order valence-corrected chi connectivity index (χ2v) is 4.19. The molecule has 1 amide bonds. The zero-order valence-electron chi connectivity index (χ0n) is 11.8. The molecule has 1 aromatic rings. The summed E-state index contributed by atoms with van der Waals surface area (Å²) < 4.78 is 15.2. The van der Waals surface area contributed by atoms with Crippen LogP contribution >= 0.6 is 0 Å². The fraction of sp³-hybridized carbons (Fsp3) is 0.500. The number of aliphatic hydroxyl groups is 1. The molecule has 1 rings (SSSR count). The highest BCUT2D eigenvalue weighted by Gasteiger charge is 2.06. The molecule has 0 heterocycles. The van der Waals surface area contributed by atoms with Gasteiger partial charge >= 0.3 is 0 Å². The van der Waals surface area contributed by atoms with Crippen molar-refractivity contribution < 1.29 is 24.1 Å². The van der Waals surface area contributed by atoms with Gasteiger partial charge in [-0.1, -0.05) is 0 Å². The van der Waals surface area contributed by atoms with E-state index in [9.17, 15) is 9.90 Å². The zero-order valence-corrected chi connectivity index (χ0v) is 11.8. The standard InChI is InChI=1S/C14H21NO5/c1-18-10-11(16)9-15-14(17)7-8-20-13-5-3-12(19-2)4-6-13/h3-6,11,16H,7-10H2,1-2H3,(H,15,17). The Kier molecular flexibility index (Phi) is 7.46. The van der Waals surface area contributed by atoms with Crippen LogP contribution in [0.15, 0.2) is 24.3 Å². The summed E-state index contributed by atoms with van der Waals surface area (Å²) in [5.74, 6) is 1.26. The van der Waals surface area contributed by atoms with E-state index in [4.69, 9.17) is 14.2 Å². The van der Waals surface area contributed by atoms with Gasteiger partial charge in [0.15, 0.2) is 0 Å². The summed E-state index contributed by atoms with van der Waals surface area (Å²) in [4.78, 5) is 11.5. The van der Waals surface area contributed by atoms with Gasteiger partial charge in [-0.2, -0.15) is 0 Å². The molecule has 20 heavy (non-hydrogen) atoms. The van der Waals surface area contributed by atoms with E-state index in [1.54, 1.807) is 31.4 Å². The first-order valence-electron chi connectivity index (χ1n) is 6.36. The van der Waals surface area contributed by atoms with Crippen LogP contribution in [0.4, 0.5) is 0 Å². The molecular weight excluding hydrogens is 262 g/mol. The Morgan fingerprint density at radius 3 is 2.50 bits per heavy atom. The van der Waals surface area contributed by atoms with Gasteiger partial charge in [-0.05, 0) is 24.3 Å². The van der Waals surface area contributed by atoms with Crippen molar-refractivity contribution in [3.8, 4) is 11.5 Å². The second kappa shape index (κ2) is 9.17. The molecule has 0 bridgehead atoms. The minimum Gasteiger partial charge on any atom is -0.497 e. The van der Waals surface area contributed by atoms with Crippen LogP contribution in [-0.4, -0.2) is 51.1 Å². The van der Waals surface area contributed by atoms with Crippen LogP contribution in [0.25, 0.3) is 0 Å². The number of ether oxygens (including phenoxy) is 3. The number of amides is 1. The number of carbonyl (C=O) groups excluding carboxylic acids is 1. The van der Waals surface area contributed by atoms with Crippen molar-refractivity contribution >= 4 is 5.91 Å². The number of nitrogens with one attached hydrogen (secondary N) is 1. The predicted octanol–water partition coefficient (Wildman–Crippen LogP) is 0.588. The molecule has 0 aromatic heterocycles. The van der Waals surface area contributed by atoms with E-state index in [0.29, 0.717) is 5.75 Å². The topological polar surface area (TPSA) is 77.0 Å². The molecule has 0 spiro atoms. The van der Waals surface area contributed by atoms with Crippen molar-refractivity contribution in [2.24, 2.45) is 0 Å². The lowest BCUT2D eigenvalue weighted by Gasteiger charge is -2.11. The summed E-state index contributed by atoms with van der Waals surface area (Å²) in [7, 11) is 3.09. The average Bonchev–Trinajstić information content (AvgIpc) is 2.46. The highest BCUT2D eigenvalue weighted by Crippen LogP contribution is 2.16. The predicted molar refractivity (Wildman–Crippen MR) is 74.0 cm³/mol. The van der Waals surface area contributed by atoms with Gasteiger partial charge in [0.25, 0.3) is 0 Å². The molecular formula is C14H21NO5. The van der Waals surface area contributed by atoms with Gasteiger partial charge in [0.1, 0.15) is 11.5 Å². The van der Waals surface area contributed by atoms with Crippen molar-refractivity contribution in [2.45, 2.75) is 12.5 Å². The van der Waals surface area contributed by atoms with Crippen molar-refractivity contribution in [3.05, 3.63) is 24.3 Å². The third-order valence-corrected chi connectivity index (χ3v) is 2.55. The average molecular weight is 283 g/mol. The SMILES string of the molecule is COCC(O)CNC(=O)CCOc1ccc(OC)cc1. The van der Waals surface area contributed by atoms with Gasteiger partial charge in [0.05, 0.1) is 32.8 Å². The molecule has 2 N–H and O–H groups in total. The first-order valence-corrected chi connectivity index (χ1v) is 6.36. The molecule has 0 aliphatic heterocycles. The van der Waals surface area contributed by atoms with Gasteiger partial charge in [-0.25, -0.2) is 0 Å². The summed E-state index contributed by atoms with van der Waals surface area (Å²) in [6.07, 6.45) is -0.461. The third kappa shape index (κ3) is 6.40. The van der Waals surface area contributed by atoms with Gasteiger partial charge in [-0.15, -0.1) is 0 Å². The summed E-state index contributed by atoms with van der Waals surface area (Å²) in [5, 5.41) is 12.0. The molecule has 1 unspecified atom stereocenters. The number of methoxy groups -OCH3 is 2. The van der Waals surface area contributed by atoms with Crippen molar-refractivity contribution in [2.75, 3.05) is 34.0 Å². The van der Waals surface area contributed by atoms with Crippen LogP contribution < -0.4 is 14.8 Å². The second-order valence-electron chi connectivity index (χ2n) is 4.19. The van der Waals surface area contributed by atoms with Gasteiger partial charge in [-0.3, -0.25) is 4.79 Å². The molecule has 0 radical (unpaired) electrons. The lowest BCUT2D eigenvalue weighted by molar-refractivity contribution is -0.122. The fourth-order valence-corrected chi connectivity index (χ4v) is 1.50. The summed E-state index contributed by atoms with van der Waals surface area (Å²) >= 11 is 0. The Labute approximate surface area is 118 Å². The summed E-state index contributed by atoms with van der Waals surface area (Å²) in [6.45, 7) is 0.649. The number of benzene rings is 1. The van der Waals surface area contributed by atoms with Crippen molar-refractivity contribution in [3.63, 3.8) is 0 Å². The molecule has 112 valence electrons. The molecule has 6 nitrogen and oxygen atoms in total. The summed E-state index contributed by atoms with van der Waals surface area (Å²) in [5.41, 5.74) is 0. The van der Waals surface area contributed by atoms with Gasteiger partial charge in [0, 0.05) is 13.7 Å². The smallest absolute Gasteiger partial charge is 0.223 e. The molecule has 0 fully saturated rings. The van der Waals surface area contributed by atoms with Gasteiger partial charge in [0.2, 0.25) is 5.91 Å². The molecule has 6 heteroatoms. The largest absolute Gasteiger partial charge is 0.497 e. The third-order valence-electron chi connectivity index (χ3n) is 2.55. The molecule has 1 aromatic carbocycles. The normalized spacial score (nSPS) is 11.8. The molecule has 0 aliphatic rings. The maximum Gasteiger partial charge on any atom is 0.223 e. The first kappa shape index (κ1) is 16.3. The van der Waals surface area contributed by atoms with Crippen molar-refractivity contribution in [1.29, 1.82) is 0 Å². The van der Waals surface area contributed by atoms with E-state index in [2.05, 4.69) is 5.32 Å². The number of aliphatic hydroxyl groups excluding tert-OH is 1. The zero-order chi connectivity index (χ0) is 14.8. The Balaban J connectivity index is 2.17. The monoisotopic (exact) mass is 283 g/mol. The van der Waals surface area contributed by atoms with Crippen LogP contribution in [0.5, 0.6) is 11.5 Å². The van der Waals surface area contributed by atoms with E-state index >= 15 is 0 Å². The lowest BCUT2D eigenvalue weighted by Crippen LogP contribution is -2.34. The highest BCUT2D eigenvalue weighted by atomic mass is 16.5. The Bertz CT molecular complexity index is 393. The van der Waals surface area contributed by atoms with E-state index in [-0.39, 0.29) is 32.1 Å². The molecule has 0 saturated heterocycles. The van der Waals surface area contributed by atoms with E-state index in [1.807, 2.05) is 0 Å². The number of hydrogen-bond donors (Lipinski definition) is 2. The number of rotatable bonds is 9. The molecule has 0 aliphatic carbocycles. The van der Waals surface area contributed by atoms with Crippen LogP contribution in [0.1, 0.15) is 6.42 Å². The quantitative estimate of drug-likeness (QED) is 0.693. The van der Waals surface area contributed by atoms with Gasteiger partial charge < -0.3 is 24.6 Å². The maximum absolute atomic E-state index is 11.5. The Hall–Kier alpha value is -1.79. The minimum atomic E-state index is -0.688. The van der Waals surface area contributed by atoms with Crippen LogP contribution in [0.3, 0.4) is 0 Å². The highest BCUT2D eigenvalue weighted by molar-refractivity contribution is 5.76. The number of hydrogen-bond acceptors (Lipinski definition) is 5. The molecule has 0 saturated carbocycles. The van der Waals surface area contributed by atoms with Crippen LogP contribution in [0, 0.1) is 0 Å².